The van der Waals surface area contributed by atoms with Crippen LogP contribution in [-0.2, 0) is 9.47 Å². The second-order valence-corrected chi connectivity index (χ2v) is 7.77. The minimum atomic E-state index is 0. The fourth-order valence-electron chi connectivity index (χ4n) is 3.59. The van der Waals surface area contributed by atoms with Crippen LogP contribution in [0, 0.1) is 5.92 Å². The van der Waals surface area contributed by atoms with Crippen molar-refractivity contribution in [2.45, 2.75) is 18.4 Å². The van der Waals surface area contributed by atoms with Crippen molar-refractivity contribution >= 4 is 41.7 Å². The molecule has 0 radical (unpaired) electrons. The molecule has 0 aromatic carbocycles. The first-order chi connectivity index (χ1) is 11.3. The zero-order valence-electron chi connectivity index (χ0n) is 14.6. The lowest BCUT2D eigenvalue weighted by atomic mass is 9.95. The number of morpholine rings is 1. The standard InChI is InChI=1S/C16H30N4O2S.HI/c1-17-15(18-10-14-2-6-22-11-14)19-12-16(3-9-23-13-16)20-4-7-21-8-5-20;/h14H,2-13H2,1H3,(H2,17,18,19);1H. The molecule has 0 spiro atoms. The van der Waals surface area contributed by atoms with E-state index in [1.165, 1.54) is 17.9 Å². The van der Waals surface area contributed by atoms with Gasteiger partial charge in [-0.25, -0.2) is 0 Å². The van der Waals surface area contributed by atoms with E-state index in [1.54, 1.807) is 0 Å². The lowest BCUT2D eigenvalue weighted by Gasteiger charge is -2.43. The third-order valence-electron chi connectivity index (χ3n) is 5.16. The van der Waals surface area contributed by atoms with Crippen LogP contribution in [0.15, 0.2) is 4.99 Å². The van der Waals surface area contributed by atoms with Crippen molar-refractivity contribution in [1.29, 1.82) is 0 Å². The molecule has 0 aromatic heterocycles. The zero-order valence-corrected chi connectivity index (χ0v) is 17.7. The molecule has 2 atom stereocenters. The fourth-order valence-corrected chi connectivity index (χ4v) is 5.07. The number of nitrogens with zero attached hydrogens (tertiary/aromatic N) is 2. The molecule has 2 unspecified atom stereocenters. The van der Waals surface area contributed by atoms with Crippen molar-refractivity contribution in [3.8, 4) is 0 Å². The molecule has 3 heterocycles. The molecular weight excluding hydrogens is 439 g/mol. The third-order valence-corrected chi connectivity index (χ3v) is 6.39. The molecule has 24 heavy (non-hydrogen) atoms. The number of rotatable bonds is 5. The summed E-state index contributed by atoms with van der Waals surface area (Å²) in [6, 6.07) is 0. The summed E-state index contributed by atoms with van der Waals surface area (Å²) in [7, 11) is 1.85. The summed E-state index contributed by atoms with van der Waals surface area (Å²) in [5, 5.41) is 7.04. The first-order valence-corrected chi connectivity index (χ1v) is 9.91. The summed E-state index contributed by atoms with van der Waals surface area (Å²) in [5.41, 5.74) is 0.253. The summed E-state index contributed by atoms with van der Waals surface area (Å²) in [6.07, 6.45) is 2.40. The van der Waals surface area contributed by atoms with Gasteiger partial charge < -0.3 is 20.1 Å². The highest BCUT2D eigenvalue weighted by Gasteiger charge is 2.40. The summed E-state index contributed by atoms with van der Waals surface area (Å²) in [5.74, 6) is 3.99. The molecule has 8 heteroatoms. The number of guanidine groups is 1. The molecule has 3 aliphatic rings. The van der Waals surface area contributed by atoms with E-state index in [4.69, 9.17) is 9.47 Å². The molecule has 3 aliphatic heterocycles. The van der Waals surface area contributed by atoms with Crippen molar-refractivity contribution in [2.24, 2.45) is 10.9 Å². The SMILES string of the molecule is CN=C(NCC1CCOC1)NCC1(N2CCOCC2)CCSC1.I. The van der Waals surface area contributed by atoms with Gasteiger partial charge in [0.2, 0.25) is 0 Å². The summed E-state index contributed by atoms with van der Waals surface area (Å²) >= 11 is 2.07. The Morgan fingerprint density at radius 1 is 1.25 bits per heavy atom. The monoisotopic (exact) mass is 470 g/mol. The van der Waals surface area contributed by atoms with Crippen LogP contribution in [0.1, 0.15) is 12.8 Å². The van der Waals surface area contributed by atoms with Gasteiger partial charge in [-0.2, -0.15) is 11.8 Å². The number of aliphatic imine (C=N–C) groups is 1. The van der Waals surface area contributed by atoms with Crippen molar-refractivity contribution in [2.75, 3.05) is 71.2 Å². The van der Waals surface area contributed by atoms with Gasteiger partial charge in [-0.05, 0) is 18.6 Å². The minimum Gasteiger partial charge on any atom is -0.381 e. The van der Waals surface area contributed by atoms with E-state index in [9.17, 15) is 0 Å². The first-order valence-electron chi connectivity index (χ1n) is 8.75. The largest absolute Gasteiger partial charge is 0.381 e. The molecule has 0 aliphatic carbocycles. The van der Waals surface area contributed by atoms with Gasteiger partial charge in [0.25, 0.3) is 0 Å². The molecule has 3 fully saturated rings. The van der Waals surface area contributed by atoms with Gasteiger partial charge in [0.15, 0.2) is 5.96 Å². The maximum atomic E-state index is 5.53. The molecule has 6 nitrogen and oxygen atoms in total. The number of thioether (sulfide) groups is 1. The predicted octanol–water partition coefficient (Wildman–Crippen LogP) is 1.01. The molecule has 0 saturated carbocycles. The first kappa shape index (κ1) is 20.5. The van der Waals surface area contributed by atoms with Crippen molar-refractivity contribution in [1.82, 2.24) is 15.5 Å². The fraction of sp³-hybridized carbons (Fsp3) is 0.938. The van der Waals surface area contributed by atoms with Gasteiger partial charge in [-0.15, -0.1) is 24.0 Å². The number of nitrogens with one attached hydrogen (secondary N) is 2. The lowest BCUT2D eigenvalue weighted by Crippen LogP contribution is -2.60. The molecule has 0 amide bonds. The van der Waals surface area contributed by atoms with Gasteiger partial charge in [-0.1, -0.05) is 0 Å². The number of halogens is 1. The second kappa shape index (κ2) is 10.4. The minimum absolute atomic E-state index is 0. The van der Waals surface area contributed by atoms with E-state index in [2.05, 4.69) is 32.3 Å². The number of ether oxygens (including phenoxy) is 2. The maximum Gasteiger partial charge on any atom is 0.191 e. The summed E-state index contributed by atoms with van der Waals surface area (Å²) in [6.45, 7) is 7.50. The molecular formula is C16H31IN4O2S. The quantitative estimate of drug-likeness (QED) is 0.356. The third kappa shape index (κ3) is 5.36. The van der Waals surface area contributed by atoms with Gasteiger partial charge >= 0.3 is 0 Å². The highest BCUT2D eigenvalue weighted by Crippen LogP contribution is 2.33. The Kier molecular flexibility index (Phi) is 8.90. The molecule has 2 N–H and O–H groups in total. The van der Waals surface area contributed by atoms with E-state index >= 15 is 0 Å². The lowest BCUT2D eigenvalue weighted by molar-refractivity contribution is -0.0120. The molecule has 0 bridgehead atoms. The smallest absolute Gasteiger partial charge is 0.191 e. The topological polar surface area (TPSA) is 58.1 Å². The van der Waals surface area contributed by atoms with Crippen LogP contribution >= 0.6 is 35.7 Å². The Labute approximate surface area is 166 Å². The maximum absolute atomic E-state index is 5.53. The van der Waals surface area contributed by atoms with Crippen molar-refractivity contribution < 1.29 is 9.47 Å². The van der Waals surface area contributed by atoms with E-state index < -0.39 is 0 Å². The van der Waals surface area contributed by atoms with Crippen LogP contribution in [0.25, 0.3) is 0 Å². The Morgan fingerprint density at radius 2 is 2.08 bits per heavy atom. The number of hydrogen-bond acceptors (Lipinski definition) is 5. The molecule has 0 aromatic rings. The van der Waals surface area contributed by atoms with Crippen LogP contribution < -0.4 is 10.6 Å². The van der Waals surface area contributed by atoms with Crippen LogP contribution in [-0.4, -0.2) is 87.6 Å². The van der Waals surface area contributed by atoms with E-state index in [1.807, 2.05) is 7.05 Å². The van der Waals surface area contributed by atoms with Crippen LogP contribution in [0.2, 0.25) is 0 Å². The predicted molar refractivity (Wildman–Crippen MR) is 111 cm³/mol. The molecule has 140 valence electrons. The second-order valence-electron chi connectivity index (χ2n) is 6.66. The van der Waals surface area contributed by atoms with Crippen LogP contribution in [0.5, 0.6) is 0 Å². The van der Waals surface area contributed by atoms with Crippen LogP contribution in [0.4, 0.5) is 0 Å². The summed E-state index contributed by atoms with van der Waals surface area (Å²) in [4.78, 5) is 7.02. The Balaban J connectivity index is 0.00000208. The molecule has 3 saturated heterocycles. The highest BCUT2D eigenvalue weighted by molar-refractivity contribution is 14.0. The number of hydrogen-bond donors (Lipinski definition) is 2. The highest BCUT2D eigenvalue weighted by atomic mass is 127. The van der Waals surface area contributed by atoms with E-state index in [-0.39, 0.29) is 29.5 Å². The Morgan fingerprint density at radius 3 is 2.71 bits per heavy atom. The van der Waals surface area contributed by atoms with Gasteiger partial charge in [0.05, 0.1) is 19.8 Å². The molecule has 3 rings (SSSR count). The van der Waals surface area contributed by atoms with Gasteiger partial charge in [-0.3, -0.25) is 9.89 Å². The van der Waals surface area contributed by atoms with Crippen LogP contribution in [0.3, 0.4) is 0 Å². The average Bonchev–Trinajstić information content (AvgIpc) is 3.28. The van der Waals surface area contributed by atoms with Gasteiger partial charge in [0, 0.05) is 57.0 Å². The Hall–Kier alpha value is 0.230. The van der Waals surface area contributed by atoms with E-state index in [0.717, 1.165) is 65.0 Å². The average molecular weight is 470 g/mol. The zero-order chi connectivity index (χ0) is 16.0. The Bertz CT molecular complexity index is 396. The normalized spacial score (nSPS) is 31.7. The van der Waals surface area contributed by atoms with E-state index in [0.29, 0.717) is 5.92 Å². The van der Waals surface area contributed by atoms with Gasteiger partial charge in [0.1, 0.15) is 0 Å². The summed E-state index contributed by atoms with van der Waals surface area (Å²) < 4.78 is 11.0. The van der Waals surface area contributed by atoms with Crippen molar-refractivity contribution in [3.63, 3.8) is 0 Å². The van der Waals surface area contributed by atoms with Crippen molar-refractivity contribution in [3.05, 3.63) is 0 Å².